The zero-order valence-corrected chi connectivity index (χ0v) is 20.2. The molecule has 0 radical (unpaired) electrons. The molecule has 1 fully saturated rings. The molecule has 1 aliphatic rings. The molecule has 2 amide bonds. The van der Waals surface area contributed by atoms with Crippen molar-refractivity contribution in [1.29, 1.82) is 0 Å². The first kappa shape index (κ1) is 27.6. The van der Waals surface area contributed by atoms with Gasteiger partial charge in [-0.2, -0.15) is 13.2 Å². The number of alkyl halides is 3. The van der Waals surface area contributed by atoms with Crippen LogP contribution in [0.25, 0.3) is 0 Å². The number of nitrogens with two attached hydrogens (primary N) is 2. The van der Waals surface area contributed by atoms with Crippen molar-refractivity contribution >= 4 is 29.1 Å². The van der Waals surface area contributed by atoms with E-state index in [2.05, 4.69) is 30.9 Å². The van der Waals surface area contributed by atoms with Gasteiger partial charge in [-0.3, -0.25) is 14.6 Å². The maximum atomic E-state index is 13.8. The molecule has 11 nitrogen and oxygen atoms in total. The fraction of sp³-hybridized carbons (Fsp3) is 0.435. The number of nitrogens with one attached hydrogen (secondary N) is 3. The predicted octanol–water partition coefficient (Wildman–Crippen LogP) is 2.18. The molecular weight excluding hydrogens is 493 g/mol. The molecule has 200 valence electrons. The van der Waals surface area contributed by atoms with Crippen LogP contribution in [0.2, 0.25) is 0 Å². The van der Waals surface area contributed by atoms with Crippen molar-refractivity contribution in [3.8, 4) is 5.75 Å². The lowest BCUT2D eigenvalue weighted by atomic mass is 10.1. The molecule has 3 rings (SSSR count). The number of amides is 2. The summed E-state index contributed by atoms with van der Waals surface area (Å²) in [7, 11) is 0. The fourth-order valence-electron chi connectivity index (χ4n) is 3.58. The van der Waals surface area contributed by atoms with Crippen LogP contribution in [0, 0.1) is 6.92 Å². The van der Waals surface area contributed by atoms with Gasteiger partial charge in [0, 0.05) is 25.2 Å². The summed E-state index contributed by atoms with van der Waals surface area (Å²) in [4.78, 5) is 37.1. The predicted molar refractivity (Wildman–Crippen MR) is 131 cm³/mol. The van der Waals surface area contributed by atoms with Crippen LogP contribution >= 0.6 is 0 Å². The van der Waals surface area contributed by atoms with Crippen molar-refractivity contribution in [3.05, 3.63) is 41.5 Å². The molecule has 37 heavy (non-hydrogen) atoms. The highest BCUT2D eigenvalue weighted by molar-refractivity contribution is 6.05. The lowest BCUT2D eigenvalue weighted by molar-refractivity contribution is -0.137. The number of benzene rings is 1. The van der Waals surface area contributed by atoms with E-state index in [4.69, 9.17) is 16.2 Å². The molecule has 1 aromatic heterocycles. The molecule has 0 aliphatic carbocycles. The number of ether oxygens (including phenoxy) is 1. The van der Waals surface area contributed by atoms with Crippen molar-refractivity contribution in [2.75, 3.05) is 30.3 Å². The maximum absolute atomic E-state index is 13.8. The number of hydrogen-bond acceptors (Lipinski definition) is 7. The quantitative estimate of drug-likeness (QED) is 0.180. The highest BCUT2D eigenvalue weighted by atomic mass is 19.4. The van der Waals surface area contributed by atoms with Crippen molar-refractivity contribution in [2.24, 2.45) is 16.5 Å². The molecule has 1 atom stereocenters. The van der Waals surface area contributed by atoms with Crippen molar-refractivity contribution in [3.63, 3.8) is 0 Å². The standard InChI is InChI=1S/C23H29F3N8O3/c1-13-8-18(32-12-31-13)21(36)34-17-10-14(23(24,25)26)9-16(20(17)37-15-5-7-29-11-15)33-19(35)4-2-3-6-30-22(27)28/h8-10,12,15,29H,2-7,11H2,1H3,(H,33,35)(H,34,36)(H4,27,28,30)/t15-/m1/s1. The normalized spacial score (nSPS) is 15.2. The number of aromatic nitrogens is 2. The number of unbranched alkanes of at least 4 members (excludes halogenated alkanes) is 1. The molecule has 0 saturated carbocycles. The maximum Gasteiger partial charge on any atom is 0.416 e. The third kappa shape index (κ3) is 8.31. The molecule has 1 aromatic carbocycles. The summed E-state index contributed by atoms with van der Waals surface area (Å²) < 4.78 is 47.3. The first-order chi connectivity index (χ1) is 17.5. The Labute approximate surface area is 211 Å². The highest BCUT2D eigenvalue weighted by Crippen LogP contribution is 2.42. The van der Waals surface area contributed by atoms with Crippen LogP contribution < -0.4 is 32.2 Å². The van der Waals surface area contributed by atoms with Gasteiger partial charge in [0.15, 0.2) is 11.7 Å². The molecule has 1 saturated heterocycles. The lowest BCUT2D eigenvalue weighted by Gasteiger charge is -2.22. The van der Waals surface area contributed by atoms with E-state index in [1.54, 1.807) is 6.92 Å². The Morgan fingerprint density at radius 3 is 2.51 bits per heavy atom. The second-order valence-corrected chi connectivity index (χ2v) is 8.44. The van der Waals surface area contributed by atoms with Gasteiger partial charge in [0.2, 0.25) is 5.91 Å². The summed E-state index contributed by atoms with van der Waals surface area (Å²) in [6.07, 6.45) is -2.43. The number of aryl methyl sites for hydroxylation is 1. The average Bonchev–Trinajstić information content (AvgIpc) is 3.33. The van der Waals surface area contributed by atoms with E-state index < -0.39 is 23.6 Å². The zero-order valence-electron chi connectivity index (χ0n) is 20.2. The molecular formula is C23H29F3N8O3. The Balaban J connectivity index is 1.91. The summed E-state index contributed by atoms with van der Waals surface area (Å²) >= 11 is 0. The number of carbonyl (C=O) groups excluding carboxylic acids is 2. The molecule has 2 aromatic rings. The minimum Gasteiger partial charge on any atom is -0.485 e. The largest absolute Gasteiger partial charge is 0.485 e. The van der Waals surface area contributed by atoms with Crippen LogP contribution in [0.15, 0.2) is 29.5 Å². The van der Waals surface area contributed by atoms with Crippen LogP contribution in [0.3, 0.4) is 0 Å². The van der Waals surface area contributed by atoms with Gasteiger partial charge in [0.25, 0.3) is 5.91 Å². The monoisotopic (exact) mass is 522 g/mol. The van der Waals surface area contributed by atoms with Crippen molar-refractivity contribution in [2.45, 2.75) is 44.9 Å². The fourth-order valence-corrected chi connectivity index (χ4v) is 3.58. The van der Waals surface area contributed by atoms with Crippen LogP contribution in [0.5, 0.6) is 5.75 Å². The van der Waals surface area contributed by atoms with Gasteiger partial charge in [-0.05, 0) is 50.9 Å². The van der Waals surface area contributed by atoms with Gasteiger partial charge in [-0.1, -0.05) is 0 Å². The number of rotatable bonds is 10. The van der Waals surface area contributed by atoms with Crippen molar-refractivity contribution in [1.82, 2.24) is 15.3 Å². The number of hydrogen-bond donors (Lipinski definition) is 5. The molecule has 2 heterocycles. The third-order valence-electron chi connectivity index (χ3n) is 5.38. The van der Waals surface area contributed by atoms with Gasteiger partial charge in [-0.25, -0.2) is 9.97 Å². The summed E-state index contributed by atoms with van der Waals surface area (Å²) in [5.74, 6) is -1.42. The number of anilines is 2. The highest BCUT2D eigenvalue weighted by Gasteiger charge is 2.34. The minimum absolute atomic E-state index is 0.0164. The van der Waals surface area contributed by atoms with E-state index in [9.17, 15) is 22.8 Å². The van der Waals surface area contributed by atoms with Gasteiger partial charge in [0.05, 0.1) is 16.9 Å². The van der Waals surface area contributed by atoms with Crippen LogP contribution in [-0.2, 0) is 11.0 Å². The Kier molecular flexibility index (Phi) is 9.22. The third-order valence-corrected chi connectivity index (χ3v) is 5.38. The molecule has 0 spiro atoms. The average molecular weight is 523 g/mol. The number of halogens is 3. The molecule has 0 unspecified atom stereocenters. The lowest BCUT2D eigenvalue weighted by Crippen LogP contribution is -2.23. The van der Waals surface area contributed by atoms with E-state index >= 15 is 0 Å². The second-order valence-electron chi connectivity index (χ2n) is 8.44. The SMILES string of the molecule is Cc1cc(C(=O)Nc2cc(C(F)(F)F)cc(NC(=O)CCCCN=C(N)N)c2O[C@@H]2CCNC2)ncn1. The zero-order chi connectivity index (χ0) is 27.0. The number of guanidine groups is 1. The Bertz CT molecular complexity index is 1150. The molecule has 14 heteroatoms. The summed E-state index contributed by atoms with van der Waals surface area (Å²) in [5, 5.41) is 8.08. The van der Waals surface area contributed by atoms with Crippen molar-refractivity contribution < 1.29 is 27.5 Å². The number of carbonyl (C=O) groups is 2. The first-order valence-corrected chi connectivity index (χ1v) is 11.6. The Morgan fingerprint density at radius 1 is 1.16 bits per heavy atom. The Hall–Kier alpha value is -3.94. The summed E-state index contributed by atoms with van der Waals surface area (Å²) in [6.45, 7) is 3.08. The number of aliphatic imine (C=N–C) groups is 1. The minimum atomic E-state index is -4.75. The van der Waals surface area contributed by atoms with Crippen LogP contribution in [0.4, 0.5) is 24.5 Å². The van der Waals surface area contributed by atoms with E-state index in [0.29, 0.717) is 44.6 Å². The van der Waals surface area contributed by atoms with E-state index in [1.807, 2.05) is 0 Å². The molecule has 0 bridgehead atoms. The van der Waals surface area contributed by atoms with E-state index in [-0.39, 0.29) is 41.3 Å². The Morgan fingerprint density at radius 2 is 1.89 bits per heavy atom. The van der Waals surface area contributed by atoms with E-state index in [1.165, 1.54) is 12.4 Å². The summed E-state index contributed by atoms with van der Waals surface area (Å²) in [5.41, 5.74) is 9.48. The topological polar surface area (TPSA) is 170 Å². The van der Waals surface area contributed by atoms with Crippen LogP contribution in [0.1, 0.15) is 47.4 Å². The molecule has 7 N–H and O–H groups in total. The molecule has 1 aliphatic heterocycles. The van der Waals surface area contributed by atoms with Gasteiger partial charge in [0.1, 0.15) is 18.1 Å². The van der Waals surface area contributed by atoms with Gasteiger partial charge in [-0.15, -0.1) is 0 Å². The van der Waals surface area contributed by atoms with Crippen LogP contribution in [-0.4, -0.2) is 53.5 Å². The number of nitrogens with zero attached hydrogens (tertiary/aromatic N) is 3. The van der Waals surface area contributed by atoms with Gasteiger partial charge < -0.3 is 32.2 Å². The second kappa shape index (κ2) is 12.3. The summed E-state index contributed by atoms with van der Waals surface area (Å²) in [6, 6.07) is 2.96. The first-order valence-electron chi connectivity index (χ1n) is 11.6. The smallest absolute Gasteiger partial charge is 0.416 e. The van der Waals surface area contributed by atoms with E-state index in [0.717, 1.165) is 12.1 Å². The van der Waals surface area contributed by atoms with Gasteiger partial charge >= 0.3 is 6.18 Å².